The Morgan fingerprint density at radius 1 is 1.19 bits per heavy atom. The molecule has 0 heterocycles. The average Bonchev–Trinajstić information content (AvgIpc) is 2.44. The molecule has 1 amide bonds. The predicted molar refractivity (Wildman–Crippen MR) is 82.8 cm³/mol. The number of hydrogen-bond donors (Lipinski definition) is 1. The molecule has 2 aromatic carbocycles. The molecule has 0 aromatic heterocycles. The lowest BCUT2D eigenvalue weighted by Crippen LogP contribution is -2.29. The molecule has 1 N–H and O–H groups in total. The molecule has 5 heteroatoms. The first-order valence-electron chi connectivity index (χ1n) is 6.53. The summed E-state index contributed by atoms with van der Waals surface area (Å²) in [7, 11) is 0. The maximum absolute atomic E-state index is 13.0. The molecule has 0 fully saturated rings. The molecule has 0 bridgehead atoms. The molecule has 0 aliphatic rings. The van der Waals surface area contributed by atoms with Crippen LogP contribution in [0.25, 0.3) is 0 Å². The Balaban J connectivity index is 1.70. The van der Waals surface area contributed by atoms with Crippen molar-refractivity contribution in [2.24, 2.45) is 0 Å². The van der Waals surface area contributed by atoms with Crippen molar-refractivity contribution >= 4 is 21.8 Å². The van der Waals surface area contributed by atoms with Crippen LogP contribution >= 0.6 is 15.9 Å². The Labute approximate surface area is 131 Å². The van der Waals surface area contributed by atoms with Crippen LogP contribution in [-0.4, -0.2) is 19.1 Å². The fourth-order valence-corrected chi connectivity index (χ4v) is 2.19. The van der Waals surface area contributed by atoms with E-state index in [4.69, 9.17) is 4.74 Å². The quantitative estimate of drug-likeness (QED) is 0.810. The van der Waals surface area contributed by atoms with E-state index >= 15 is 0 Å². The maximum atomic E-state index is 13.0. The van der Waals surface area contributed by atoms with Gasteiger partial charge in [0.15, 0.2) is 0 Å². The third-order valence-electron chi connectivity index (χ3n) is 2.74. The standard InChI is InChI=1S/C16H15BrFNO2/c17-13-4-2-6-15(11-13)21-8-7-19-16(20)10-12-3-1-5-14(18)9-12/h1-6,9,11H,7-8,10H2,(H,19,20). The predicted octanol–water partition coefficient (Wildman–Crippen LogP) is 3.33. The van der Waals surface area contributed by atoms with Crippen LogP contribution in [0.15, 0.2) is 53.0 Å². The van der Waals surface area contributed by atoms with Crippen molar-refractivity contribution in [2.75, 3.05) is 13.2 Å². The van der Waals surface area contributed by atoms with Crippen molar-refractivity contribution in [1.29, 1.82) is 0 Å². The molecule has 0 radical (unpaired) electrons. The van der Waals surface area contributed by atoms with Gasteiger partial charge in [0, 0.05) is 4.47 Å². The number of hydrogen-bond acceptors (Lipinski definition) is 2. The average molecular weight is 352 g/mol. The monoisotopic (exact) mass is 351 g/mol. The summed E-state index contributed by atoms with van der Waals surface area (Å²) < 4.78 is 19.4. The van der Waals surface area contributed by atoms with Gasteiger partial charge in [-0.15, -0.1) is 0 Å². The molecule has 2 aromatic rings. The number of rotatable bonds is 6. The molecule has 0 spiro atoms. The van der Waals surface area contributed by atoms with Gasteiger partial charge in [-0.3, -0.25) is 4.79 Å². The van der Waals surface area contributed by atoms with Crippen molar-refractivity contribution in [2.45, 2.75) is 6.42 Å². The zero-order chi connectivity index (χ0) is 15.1. The summed E-state index contributed by atoms with van der Waals surface area (Å²) in [6.45, 7) is 0.784. The Bertz CT molecular complexity index is 619. The molecule has 0 unspecified atom stereocenters. The number of halogens is 2. The second-order valence-corrected chi connectivity index (χ2v) is 5.38. The number of nitrogens with one attached hydrogen (secondary N) is 1. The first-order valence-corrected chi connectivity index (χ1v) is 7.32. The molecule has 2 rings (SSSR count). The molecule has 0 aliphatic carbocycles. The lowest BCUT2D eigenvalue weighted by Gasteiger charge is -2.08. The highest BCUT2D eigenvalue weighted by atomic mass is 79.9. The number of carbonyl (C=O) groups is 1. The van der Waals surface area contributed by atoms with Gasteiger partial charge in [0.2, 0.25) is 5.91 Å². The zero-order valence-corrected chi connectivity index (χ0v) is 12.9. The summed E-state index contributed by atoms with van der Waals surface area (Å²) in [5.74, 6) is 0.250. The summed E-state index contributed by atoms with van der Waals surface area (Å²) in [4.78, 5) is 11.7. The summed E-state index contributed by atoms with van der Waals surface area (Å²) in [6, 6.07) is 13.5. The second-order valence-electron chi connectivity index (χ2n) is 4.46. The van der Waals surface area contributed by atoms with Crippen molar-refractivity contribution in [1.82, 2.24) is 5.32 Å². The lowest BCUT2D eigenvalue weighted by atomic mass is 10.1. The van der Waals surface area contributed by atoms with Gasteiger partial charge < -0.3 is 10.1 Å². The highest BCUT2D eigenvalue weighted by molar-refractivity contribution is 9.10. The second kappa shape index (κ2) is 7.78. The third kappa shape index (κ3) is 5.55. The fraction of sp³-hybridized carbons (Fsp3) is 0.188. The first-order chi connectivity index (χ1) is 10.1. The largest absolute Gasteiger partial charge is 0.492 e. The fourth-order valence-electron chi connectivity index (χ4n) is 1.81. The van der Waals surface area contributed by atoms with Gasteiger partial charge in [-0.1, -0.05) is 34.1 Å². The summed E-state index contributed by atoms with van der Waals surface area (Å²) in [5.41, 5.74) is 0.653. The van der Waals surface area contributed by atoms with E-state index in [2.05, 4.69) is 21.2 Å². The van der Waals surface area contributed by atoms with Gasteiger partial charge in [-0.25, -0.2) is 4.39 Å². The molecule has 21 heavy (non-hydrogen) atoms. The molecular weight excluding hydrogens is 337 g/mol. The van der Waals surface area contributed by atoms with Gasteiger partial charge in [0.05, 0.1) is 13.0 Å². The molecule has 0 saturated carbocycles. The Kier molecular flexibility index (Phi) is 5.75. The highest BCUT2D eigenvalue weighted by Gasteiger charge is 2.04. The van der Waals surface area contributed by atoms with Gasteiger partial charge in [-0.2, -0.15) is 0 Å². The van der Waals surface area contributed by atoms with Crippen molar-refractivity contribution in [3.8, 4) is 5.75 Å². The number of benzene rings is 2. The Morgan fingerprint density at radius 3 is 2.76 bits per heavy atom. The summed E-state index contributed by atoms with van der Waals surface area (Å²) in [5, 5.41) is 2.74. The Morgan fingerprint density at radius 2 is 2.00 bits per heavy atom. The van der Waals surface area contributed by atoms with Crippen LogP contribution in [0.1, 0.15) is 5.56 Å². The van der Waals surface area contributed by atoms with Crippen LogP contribution in [0, 0.1) is 5.82 Å². The first kappa shape index (κ1) is 15.5. The number of ether oxygens (including phenoxy) is 1. The van der Waals surface area contributed by atoms with Crippen molar-refractivity contribution < 1.29 is 13.9 Å². The third-order valence-corrected chi connectivity index (χ3v) is 3.24. The number of carbonyl (C=O) groups excluding carboxylic acids is 1. The van der Waals surface area contributed by atoms with E-state index < -0.39 is 0 Å². The maximum Gasteiger partial charge on any atom is 0.224 e. The minimum Gasteiger partial charge on any atom is -0.492 e. The minimum absolute atomic E-state index is 0.154. The molecule has 0 atom stereocenters. The van der Waals surface area contributed by atoms with Crippen LogP contribution in [-0.2, 0) is 11.2 Å². The smallest absolute Gasteiger partial charge is 0.224 e. The normalized spacial score (nSPS) is 10.2. The van der Waals surface area contributed by atoms with E-state index in [9.17, 15) is 9.18 Å². The van der Waals surface area contributed by atoms with Gasteiger partial charge in [0.25, 0.3) is 0 Å². The highest BCUT2D eigenvalue weighted by Crippen LogP contribution is 2.17. The van der Waals surface area contributed by atoms with Crippen molar-refractivity contribution in [3.05, 3.63) is 64.4 Å². The molecule has 3 nitrogen and oxygen atoms in total. The van der Waals surface area contributed by atoms with E-state index in [0.29, 0.717) is 18.7 Å². The van der Waals surface area contributed by atoms with E-state index in [-0.39, 0.29) is 18.1 Å². The SMILES string of the molecule is O=C(Cc1cccc(F)c1)NCCOc1cccc(Br)c1. The molecule has 110 valence electrons. The van der Waals surface area contributed by atoms with Gasteiger partial charge in [0.1, 0.15) is 18.2 Å². The van der Waals surface area contributed by atoms with Crippen molar-refractivity contribution in [3.63, 3.8) is 0 Å². The molecule has 0 aliphatic heterocycles. The summed E-state index contributed by atoms with van der Waals surface area (Å²) in [6.07, 6.45) is 0.161. The number of amides is 1. The van der Waals surface area contributed by atoms with E-state index in [1.165, 1.54) is 12.1 Å². The zero-order valence-electron chi connectivity index (χ0n) is 11.3. The molecular formula is C16H15BrFNO2. The van der Waals surface area contributed by atoms with E-state index in [1.807, 2.05) is 24.3 Å². The van der Waals surface area contributed by atoms with Crippen LogP contribution in [0.4, 0.5) is 4.39 Å². The minimum atomic E-state index is -0.335. The van der Waals surface area contributed by atoms with E-state index in [1.54, 1.807) is 12.1 Å². The van der Waals surface area contributed by atoms with Crippen LogP contribution in [0.3, 0.4) is 0 Å². The van der Waals surface area contributed by atoms with Crippen LogP contribution < -0.4 is 10.1 Å². The van der Waals surface area contributed by atoms with Gasteiger partial charge >= 0.3 is 0 Å². The molecule has 0 saturated heterocycles. The van der Waals surface area contributed by atoms with Crippen LogP contribution in [0.2, 0.25) is 0 Å². The van der Waals surface area contributed by atoms with Crippen LogP contribution in [0.5, 0.6) is 5.75 Å². The Hall–Kier alpha value is -1.88. The summed E-state index contributed by atoms with van der Waals surface area (Å²) >= 11 is 3.36. The van der Waals surface area contributed by atoms with E-state index in [0.717, 1.165) is 10.2 Å². The topological polar surface area (TPSA) is 38.3 Å². The van der Waals surface area contributed by atoms with Gasteiger partial charge in [-0.05, 0) is 35.9 Å². The lowest BCUT2D eigenvalue weighted by molar-refractivity contribution is -0.120.